The second kappa shape index (κ2) is 15.5. The Bertz CT molecular complexity index is 1540. The van der Waals surface area contributed by atoms with Gasteiger partial charge in [0.2, 0.25) is 11.8 Å². The number of amides is 3. The highest BCUT2D eigenvalue weighted by Gasteiger charge is 2.75. The molecule has 2 aromatic rings. The number of unbranched alkanes of at least 4 members (excludes halogenated alkanes) is 1. The maximum atomic E-state index is 14.9. The van der Waals surface area contributed by atoms with E-state index in [0.717, 1.165) is 16.8 Å². The van der Waals surface area contributed by atoms with Gasteiger partial charge in [0.05, 0.1) is 24.0 Å². The van der Waals surface area contributed by atoms with Gasteiger partial charge in [-0.15, -0.1) is 13.2 Å². The summed E-state index contributed by atoms with van der Waals surface area (Å²) in [4.78, 5) is 59.6. The Balaban J connectivity index is 1.49. The molecular weight excluding hydrogens is 622 g/mol. The highest BCUT2D eigenvalue weighted by molar-refractivity contribution is 6.05. The topological polar surface area (TPSA) is 125 Å². The molecule has 0 radical (unpaired) electrons. The number of rotatable bonds is 16. The third-order valence-corrected chi connectivity index (χ3v) is 10.2. The predicted molar refractivity (Wildman–Crippen MR) is 186 cm³/mol. The van der Waals surface area contributed by atoms with Crippen LogP contribution in [-0.2, 0) is 28.7 Å². The maximum absolute atomic E-state index is 14.9. The molecule has 2 aromatic carbocycles. The lowest BCUT2D eigenvalue weighted by Crippen LogP contribution is -2.56. The van der Waals surface area contributed by atoms with Gasteiger partial charge in [-0.25, -0.2) is 0 Å². The Kier molecular flexibility index (Phi) is 11.4. The first kappa shape index (κ1) is 36.0. The lowest BCUT2D eigenvalue weighted by molar-refractivity contribution is -0.162. The molecule has 5 rings (SSSR count). The van der Waals surface area contributed by atoms with Crippen LogP contribution in [-0.4, -0.2) is 77.2 Å². The van der Waals surface area contributed by atoms with E-state index in [0.29, 0.717) is 37.7 Å². The molecule has 7 atom stereocenters. The van der Waals surface area contributed by atoms with Gasteiger partial charge in [-0.1, -0.05) is 60.7 Å². The van der Waals surface area contributed by atoms with Crippen molar-refractivity contribution in [1.82, 2.24) is 10.2 Å². The number of hydrogen-bond acceptors (Lipinski definition) is 7. The summed E-state index contributed by atoms with van der Waals surface area (Å²) in [5, 5.41) is 12.5. The van der Waals surface area contributed by atoms with Crippen LogP contribution in [0.1, 0.15) is 68.2 Å². The van der Waals surface area contributed by atoms with Gasteiger partial charge in [-0.05, 0) is 69.6 Å². The number of carbonyl (C=O) groups is 4. The Morgan fingerprint density at radius 3 is 2.47 bits per heavy atom. The molecular formula is C39H49N3O7. The first-order valence-electron chi connectivity index (χ1n) is 17.3. The number of nitrogens with zero attached hydrogens (tertiary/aromatic N) is 2. The average molecular weight is 672 g/mol. The number of nitrogens with one attached hydrogen (secondary N) is 1. The van der Waals surface area contributed by atoms with Gasteiger partial charge in [0.1, 0.15) is 17.7 Å². The molecule has 3 aliphatic rings. The summed E-state index contributed by atoms with van der Waals surface area (Å²) < 4.78 is 12.9. The molecule has 3 heterocycles. The minimum Gasteiger partial charge on any atom is -0.455 e. The largest absolute Gasteiger partial charge is 0.455 e. The molecule has 3 fully saturated rings. The molecule has 2 N–H and O–H groups in total. The van der Waals surface area contributed by atoms with Crippen LogP contribution in [0.25, 0.3) is 0 Å². The third-order valence-electron chi connectivity index (χ3n) is 10.2. The lowest BCUT2D eigenvalue weighted by atomic mass is 9.70. The highest BCUT2D eigenvalue weighted by atomic mass is 16.6. The number of aliphatic hydroxyl groups is 1. The first-order chi connectivity index (χ1) is 23.6. The standard InChI is InChI=1S/C39H49N3O7/c1-6-8-19-30(44)40-27(5)34(28-17-10-9-11-18-28)48-38(47)31-29-20-21-39(49-29)32(31)36(45)42(23-12-13-24-43)35(39)37(46)41(22-7-2)33-25(3)15-14-16-26(33)4/h6-7,9-11,14-18,27,29,31-32,34-35,43H,1-2,8,12-13,19-24H2,3-5H3,(H,40,44)/t27-,29-,31+,32+,34-,35-,39+/m1/s1. The normalized spacial score (nSPS) is 25.0. The number of fused-ring (bicyclic) bond motifs is 1. The van der Waals surface area contributed by atoms with Crippen molar-refractivity contribution in [2.24, 2.45) is 11.8 Å². The fourth-order valence-corrected chi connectivity index (χ4v) is 8.07. The molecule has 0 aromatic heterocycles. The van der Waals surface area contributed by atoms with E-state index < -0.39 is 47.7 Å². The van der Waals surface area contributed by atoms with Crippen LogP contribution in [0.5, 0.6) is 0 Å². The molecule has 1 spiro atoms. The minimum absolute atomic E-state index is 0.0447. The molecule has 2 bridgehead atoms. The van der Waals surface area contributed by atoms with Crippen LogP contribution in [0.4, 0.5) is 5.69 Å². The summed E-state index contributed by atoms with van der Waals surface area (Å²) >= 11 is 0. The second-order valence-corrected chi connectivity index (χ2v) is 13.4. The van der Waals surface area contributed by atoms with Crippen LogP contribution in [0, 0.1) is 25.7 Å². The van der Waals surface area contributed by atoms with E-state index in [4.69, 9.17) is 9.47 Å². The number of aliphatic hydroxyl groups excluding tert-OH is 1. The molecule has 3 saturated heterocycles. The number of esters is 1. The summed E-state index contributed by atoms with van der Waals surface area (Å²) in [5.74, 6) is -3.23. The zero-order valence-corrected chi connectivity index (χ0v) is 28.8. The van der Waals surface area contributed by atoms with Crippen molar-refractivity contribution in [3.63, 3.8) is 0 Å². The average Bonchev–Trinajstić information content (AvgIpc) is 3.73. The van der Waals surface area contributed by atoms with Crippen molar-refractivity contribution >= 4 is 29.4 Å². The highest BCUT2D eigenvalue weighted by Crippen LogP contribution is 2.59. The van der Waals surface area contributed by atoms with Gasteiger partial charge >= 0.3 is 5.97 Å². The van der Waals surface area contributed by atoms with E-state index >= 15 is 0 Å². The fraction of sp³-hybridized carbons (Fsp3) is 0.487. The van der Waals surface area contributed by atoms with E-state index in [1.165, 1.54) is 0 Å². The van der Waals surface area contributed by atoms with Crippen molar-refractivity contribution in [3.8, 4) is 0 Å². The molecule has 262 valence electrons. The summed E-state index contributed by atoms with van der Waals surface area (Å²) in [6.07, 6.45) is 4.57. The van der Waals surface area contributed by atoms with Crippen LogP contribution in [0.2, 0.25) is 0 Å². The third kappa shape index (κ3) is 6.94. The zero-order valence-electron chi connectivity index (χ0n) is 28.8. The van der Waals surface area contributed by atoms with Gasteiger partial charge in [-0.2, -0.15) is 0 Å². The summed E-state index contributed by atoms with van der Waals surface area (Å²) in [6, 6.07) is 13.5. The number of hydrogen-bond donors (Lipinski definition) is 2. The van der Waals surface area contributed by atoms with Crippen molar-refractivity contribution in [2.75, 3.05) is 24.6 Å². The van der Waals surface area contributed by atoms with E-state index in [-0.39, 0.29) is 43.8 Å². The number of carbonyl (C=O) groups excluding carboxylic acids is 4. The van der Waals surface area contributed by atoms with E-state index in [1.807, 2.05) is 62.4 Å². The van der Waals surface area contributed by atoms with Crippen LogP contribution < -0.4 is 10.2 Å². The zero-order chi connectivity index (χ0) is 35.3. The molecule has 3 aliphatic heterocycles. The number of likely N-dealkylation sites (tertiary alicyclic amines) is 1. The summed E-state index contributed by atoms with van der Waals surface area (Å²) in [6.45, 7) is 13.7. The van der Waals surface area contributed by atoms with Gasteiger partial charge in [-0.3, -0.25) is 19.2 Å². The SMILES string of the molecule is C=CCCC(=O)N[C@H](C)[C@@H](OC(=O)[C@@H]1[C@H]2C(=O)N(CCCCO)[C@H](C(=O)N(CC=C)c3c(C)cccc3C)[C@]23CC[C@H]1O3)c1ccccc1. The van der Waals surface area contributed by atoms with E-state index in [2.05, 4.69) is 18.5 Å². The van der Waals surface area contributed by atoms with Crippen molar-refractivity contribution < 1.29 is 33.8 Å². The first-order valence-corrected chi connectivity index (χ1v) is 17.3. The van der Waals surface area contributed by atoms with Crippen molar-refractivity contribution in [1.29, 1.82) is 0 Å². The quantitative estimate of drug-likeness (QED) is 0.150. The van der Waals surface area contributed by atoms with Crippen LogP contribution >= 0.6 is 0 Å². The van der Waals surface area contributed by atoms with Crippen LogP contribution in [0.15, 0.2) is 73.8 Å². The monoisotopic (exact) mass is 671 g/mol. The Morgan fingerprint density at radius 1 is 1.10 bits per heavy atom. The van der Waals surface area contributed by atoms with Gasteiger partial charge in [0.25, 0.3) is 5.91 Å². The second-order valence-electron chi connectivity index (χ2n) is 13.4. The van der Waals surface area contributed by atoms with E-state index in [1.54, 1.807) is 28.9 Å². The van der Waals surface area contributed by atoms with Crippen LogP contribution in [0.3, 0.4) is 0 Å². The smallest absolute Gasteiger partial charge is 0.313 e. The molecule has 0 aliphatic carbocycles. The summed E-state index contributed by atoms with van der Waals surface area (Å²) in [5.41, 5.74) is 2.07. The number of para-hydroxylation sites is 1. The van der Waals surface area contributed by atoms with Gasteiger partial charge < -0.3 is 29.7 Å². The molecule has 10 nitrogen and oxygen atoms in total. The Morgan fingerprint density at radius 2 is 1.82 bits per heavy atom. The number of ether oxygens (including phenoxy) is 2. The van der Waals surface area contributed by atoms with Gasteiger partial charge in [0, 0.05) is 31.8 Å². The lowest BCUT2D eigenvalue weighted by Gasteiger charge is -2.37. The predicted octanol–water partition coefficient (Wildman–Crippen LogP) is 4.72. The van der Waals surface area contributed by atoms with Crippen molar-refractivity contribution in [3.05, 3.63) is 90.5 Å². The van der Waals surface area contributed by atoms with Gasteiger partial charge in [0.15, 0.2) is 0 Å². The number of aryl methyl sites for hydroxylation is 2. The van der Waals surface area contributed by atoms with E-state index in [9.17, 15) is 24.3 Å². The molecule has 10 heteroatoms. The molecule has 0 saturated carbocycles. The fourth-order valence-electron chi connectivity index (χ4n) is 8.07. The number of anilines is 1. The van der Waals surface area contributed by atoms with Crippen molar-refractivity contribution in [2.45, 2.75) is 89.2 Å². The molecule has 49 heavy (non-hydrogen) atoms. The molecule has 3 amide bonds. The molecule has 0 unspecified atom stereocenters. The number of benzene rings is 2. The Hall–Kier alpha value is -4.28. The summed E-state index contributed by atoms with van der Waals surface area (Å²) in [7, 11) is 0. The number of allylic oxidation sites excluding steroid dienone is 1. The Labute approximate surface area is 289 Å². The maximum Gasteiger partial charge on any atom is 0.313 e. The minimum atomic E-state index is -1.22.